The topological polar surface area (TPSA) is 72.2 Å². The first-order valence-corrected chi connectivity index (χ1v) is 7.40. The molecule has 3 N–H and O–H groups in total. The molecule has 0 unspecified atom stereocenters. The SMILES string of the molecule is NC(=O)CI.O=C(CI)Nc1ccccc1. The van der Waals surface area contributed by atoms with Crippen LogP contribution in [0.25, 0.3) is 0 Å². The van der Waals surface area contributed by atoms with E-state index in [1.165, 1.54) is 0 Å². The number of carbonyl (C=O) groups excluding carboxylic acids is 2. The van der Waals surface area contributed by atoms with Crippen LogP contribution in [-0.4, -0.2) is 20.7 Å². The lowest BCUT2D eigenvalue weighted by Gasteiger charge is -2.00. The Morgan fingerprint density at radius 2 is 1.62 bits per heavy atom. The minimum absolute atomic E-state index is 0.0387. The Bertz CT molecular complexity index is 331. The van der Waals surface area contributed by atoms with Crippen LogP contribution in [0.4, 0.5) is 5.69 Å². The van der Waals surface area contributed by atoms with Crippen LogP contribution in [0.15, 0.2) is 30.3 Å². The summed E-state index contributed by atoms with van der Waals surface area (Å²) in [5, 5.41) is 2.75. The van der Waals surface area contributed by atoms with Crippen molar-refractivity contribution in [1.82, 2.24) is 0 Å². The number of hydrogen-bond acceptors (Lipinski definition) is 2. The molecule has 0 aliphatic carbocycles. The lowest BCUT2D eigenvalue weighted by molar-refractivity contribution is -0.115. The summed E-state index contributed by atoms with van der Waals surface area (Å²) in [6, 6.07) is 9.43. The first-order valence-electron chi connectivity index (χ1n) is 4.35. The number of anilines is 1. The van der Waals surface area contributed by atoms with E-state index in [1.807, 2.05) is 75.5 Å². The van der Waals surface area contributed by atoms with Crippen LogP contribution < -0.4 is 11.1 Å². The van der Waals surface area contributed by atoms with Gasteiger partial charge < -0.3 is 11.1 Å². The van der Waals surface area contributed by atoms with E-state index >= 15 is 0 Å². The Kier molecular flexibility index (Phi) is 9.59. The molecule has 0 aliphatic heterocycles. The summed E-state index contributed by atoms with van der Waals surface area (Å²) >= 11 is 3.93. The number of primary amides is 1. The van der Waals surface area contributed by atoms with Crippen LogP contribution in [0, 0.1) is 0 Å². The van der Waals surface area contributed by atoms with Gasteiger partial charge in [-0.2, -0.15) is 0 Å². The third-order valence-electron chi connectivity index (χ3n) is 1.31. The van der Waals surface area contributed by atoms with Crippen molar-refractivity contribution in [3.05, 3.63) is 30.3 Å². The molecule has 88 valence electrons. The molecule has 0 saturated heterocycles. The van der Waals surface area contributed by atoms with E-state index in [2.05, 4.69) is 11.1 Å². The molecule has 4 nitrogen and oxygen atoms in total. The van der Waals surface area contributed by atoms with E-state index in [0.29, 0.717) is 8.86 Å². The molecule has 1 aromatic rings. The lowest BCUT2D eigenvalue weighted by Crippen LogP contribution is -2.11. The summed E-state index contributed by atoms with van der Waals surface area (Å²) in [4.78, 5) is 20.4. The molecular formula is C10H12I2N2O2. The Labute approximate surface area is 122 Å². The summed E-state index contributed by atoms with van der Waals surface area (Å²) < 4.78 is 0.907. The molecule has 6 heteroatoms. The van der Waals surface area contributed by atoms with Crippen molar-refractivity contribution in [1.29, 1.82) is 0 Å². The summed E-state index contributed by atoms with van der Waals surface area (Å²) in [6.45, 7) is 0. The minimum atomic E-state index is -0.259. The van der Waals surface area contributed by atoms with Gasteiger partial charge >= 0.3 is 0 Å². The van der Waals surface area contributed by atoms with Gasteiger partial charge in [-0.05, 0) is 12.1 Å². The molecule has 0 bridgehead atoms. The largest absolute Gasteiger partial charge is 0.369 e. The number of alkyl halides is 2. The second-order valence-corrected chi connectivity index (χ2v) is 4.17. The molecule has 1 aromatic carbocycles. The van der Waals surface area contributed by atoms with Crippen LogP contribution in [-0.2, 0) is 9.59 Å². The van der Waals surface area contributed by atoms with Gasteiger partial charge in [-0.15, -0.1) is 0 Å². The molecule has 2 amide bonds. The number of amides is 2. The van der Waals surface area contributed by atoms with Crippen LogP contribution in [0.2, 0.25) is 0 Å². The van der Waals surface area contributed by atoms with E-state index in [1.54, 1.807) is 0 Å². The number of benzene rings is 1. The van der Waals surface area contributed by atoms with Crippen LogP contribution in [0.3, 0.4) is 0 Å². The van der Waals surface area contributed by atoms with Crippen LogP contribution in [0.1, 0.15) is 0 Å². The molecular weight excluding hydrogens is 434 g/mol. The van der Waals surface area contributed by atoms with Gasteiger partial charge in [-0.25, -0.2) is 0 Å². The number of nitrogens with two attached hydrogens (primary N) is 1. The Balaban J connectivity index is 0.000000385. The molecule has 0 fully saturated rings. The Morgan fingerprint density at radius 3 is 2.00 bits per heavy atom. The molecule has 0 spiro atoms. The third kappa shape index (κ3) is 8.89. The molecule has 0 aliphatic rings. The quantitative estimate of drug-likeness (QED) is 0.551. The molecule has 0 heterocycles. The maximum Gasteiger partial charge on any atom is 0.234 e. The van der Waals surface area contributed by atoms with Crippen molar-refractivity contribution < 1.29 is 9.59 Å². The maximum atomic E-state index is 10.9. The summed E-state index contributed by atoms with van der Waals surface area (Å²) in [6.07, 6.45) is 0. The highest BCUT2D eigenvalue weighted by molar-refractivity contribution is 14.1. The van der Waals surface area contributed by atoms with Crippen molar-refractivity contribution in [2.75, 3.05) is 14.2 Å². The minimum Gasteiger partial charge on any atom is -0.369 e. The number of rotatable bonds is 3. The van der Waals surface area contributed by atoms with Gasteiger partial charge in [-0.3, -0.25) is 9.59 Å². The number of hydrogen-bond donors (Lipinski definition) is 2. The molecule has 1 rings (SSSR count). The number of carbonyl (C=O) groups is 2. The first-order chi connectivity index (χ1) is 7.60. The Morgan fingerprint density at radius 1 is 1.12 bits per heavy atom. The van der Waals surface area contributed by atoms with Gasteiger partial charge in [0.15, 0.2) is 0 Å². The second kappa shape index (κ2) is 9.82. The first kappa shape index (κ1) is 15.6. The van der Waals surface area contributed by atoms with E-state index in [9.17, 15) is 9.59 Å². The van der Waals surface area contributed by atoms with E-state index in [4.69, 9.17) is 0 Å². The van der Waals surface area contributed by atoms with E-state index in [-0.39, 0.29) is 11.8 Å². The smallest absolute Gasteiger partial charge is 0.234 e. The van der Waals surface area contributed by atoms with Crippen LogP contribution >= 0.6 is 45.2 Å². The van der Waals surface area contributed by atoms with Crippen molar-refractivity contribution in [2.24, 2.45) is 5.73 Å². The predicted octanol–water partition coefficient (Wildman–Crippen LogP) is 1.97. The average molecular weight is 446 g/mol. The molecule has 0 atom stereocenters. The normalized spacial score (nSPS) is 8.62. The van der Waals surface area contributed by atoms with Gasteiger partial charge in [0, 0.05) is 5.69 Å². The van der Waals surface area contributed by atoms with Gasteiger partial charge in [-0.1, -0.05) is 63.4 Å². The standard InChI is InChI=1S/C8H8INO.C2H4INO/c9-6-8(11)10-7-4-2-1-3-5-7;3-1-2(4)5/h1-5H,6H2,(H,10,11);1H2,(H2,4,5). The fraction of sp³-hybridized carbons (Fsp3) is 0.200. The highest BCUT2D eigenvalue weighted by Crippen LogP contribution is 2.04. The van der Waals surface area contributed by atoms with Crippen molar-refractivity contribution >= 4 is 62.7 Å². The van der Waals surface area contributed by atoms with Crippen LogP contribution in [0.5, 0.6) is 0 Å². The van der Waals surface area contributed by atoms with E-state index < -0.39 is 0 Å². The van der Waals surface area contributed by atoms with Crippen molar-refractivity contribution in [3.63, 3.8) is 0 Å². The molecule has 0 aromatic heterocycles. The second-order valence-electron chi connectivity index (χ2n) is 2.65. The zero-order valence-corrected chi connectivity index (χ0v) is 12.8. The fourth-order valence-electron chi connectivity index (χ4n) is 0.716. The Hall–Kier alpha value is -0.380. The lowest BCUT2D eigenvalue weighted by atomic mass is 10.3. The summed E-state index contributed by atoms with van der Waals surface area (Å²) in [5.41, 5.74) is 5.50. The fourth-order valence-corrected chi connectivity index (χ4v) is 0.907. The highest BCUT2D eigenvalue weighted by Gasteiger charge is 1.96. The zero-order valence-electron chi connectivity index (χ0n) is 8.45. The third-order valence-corrected chi connectivity index (χ3v) is 2.76. The summed E-state index contributed by atoms with van der Waals surface area (Å²) in [7, 11) is 0. The zero-order chi connectivity index (χ0) is 12.4. The predicted molar refractivity (Wildman–Crippen MR) is 82.0 cm³/mol. The summed E-state index contributed by atoms with van der Waals surface area (Å²) in [5.74, 6) is -0.220. The average Bonchev–Trinajstić information content (AvgIpc) is 2.31. The molecule has 0 saturated carbocycles. The highest BCUT2D eigenvalue weighted by atomic mass is 127. The number of nitrogens with one attached hydrogen (secondary N) is 1. The van der Waals surface area contributed by atoms with Gasteiger partial charge in [0.1, 0.15) is 0 Å². The molecule has 0 radical (unpaired) electrons. The maximum absolute atomic E-state index is 10.9. The monoisotopic (exact) mass is 446 g/mol. The van der Waals surface area contributed by atoms with Gasteiger partial charge in [0.25, 0.3) is 0 Å². The van der Waals surface area contributed by atoms with Gasteiger partial charge in [0.05, 0.1) is 8.86 Å². The number of halogens is 2. The van der Waals surface area contributed by atoms with Gasteiger partial charge in [0.2, 0.25) is 11.8 Å². The number of para-hydroxylation sites is 1. The van der Waals surface area contributed by atoms with Crippen molar-refractivity contribution in [2.45, 2.75) is 0 Å². The van der Waals surface area contributed by atoms with E-state index in [0.717, 1.165) is 5.69 Å². The van der Waals surface area contributed by atoms with Crippen molar-refractivity contribution in [3.8, 4) is 0 Å². The molecule has 16 heavy (non-hydrogen) atoms.